The maximum absolute atomic E-state index is 12.1. The van der Waals surface area contributed by atoms with Crippen LogP contribution in [0.4, 0.5) is 8.78 Å². The van der Waals surface area contributed by atoms with Crippen molar-refractivity contribution >= 4 is 5.97 Å². The predicted molar refractivity (Wildman–Crippen MR) is 57.0 cm³/mol. The van der Waals surface area contributed by atoms with Crippen LogP contribution >= 0.6 is 0 Å². The molecule has 1 aromatic rings. The van der Waals surface area contributed by atoms with Gasteiger partial charge in [0.25, 0.3) is 0 Å². The molecule has 18 heavy (non-hydrogen) atoms. The van der Waals surface area contributed by atoms with Gasteiger partial charge in [-0.1, -0.05) is 0 Å². The number of hydrogen-bond donors (Lipinski definition) is 1. The third kappa shape index (κ3) is 2.93. The first-order chi connectivity index (χ1) is 8.53. The predicted octanol–water partition coefficient (Wildman–Crippen LogP) is 1.40. The summed E-state index contributed by atoms with van der Waals surface area (Å²) in [5.41, 5.74) is 5.59. The molecule has 0 unspecified atom stereocenters. The van der Waals surface area contributed by atoms with Crippen LogP contribution in [0.3, 0.4) is 0 Å². The number of benzene rings is 1. The summed E-state index contributed by atoms with van der Waals surface area (Å²) < 4.78 is 32.9. The topological polar surface area (TPSA) is 85.3 Å². The monoisotopic (exact) mass is 256 g/mol. The largest absolute Gasteiger partial charge is 0.465 e. The van der Waals surface area contributed by atoms with Crippen molar-refractivity contribution in [3.05, 3.63) is 28.8 Å². The summed E-state index contributed by atoms with van der Waals surface area (Å²) in [5, 5.41) is 8.89. The Bertz CT molecular complexity index is 498. The molecule has 2 N–H and O–H groups in total. The summed E-state index contributed by atoms with van der Waals surface area (Å²) >= 11 is 0. The Kier molecular flexibility index (Phi) is 4.57. The van der Waals surface area contributed by atoms with Crippen LogP contribution in [0.15, 0.2) is 12.1 Å². The highest BCUT2D eigenvalue weighted by atomic mass is 19.3. The minimum absolute atomic E-state index is 0.00366. The summed E-state index contributed by atoms with van der Waals surface area (Å²) in [4.78, 5) is 11.5. The standard InChI is InChI=1S/C11H10F2N2O3/c1-17-10(16)8-3-7(18-11(12)13)2-6(4-14)9(8)5-15/h2-3,11H,5,15H2,1H3. The molecule has 0 aliphatic heterocycles. The van der Waals surface area contributed by atoms with Gasteiger partial charge in [0, 0.05) is 6.54 Å². The molecular weight excluding hydrogens is 246 g/mol. The second-order valence-corrected chi connectivity index (χ2v) is 3.18. The van der Waals surface area contributed by atoms with Crippen LogP contribution in [0.25, 0.3) is 0 Å². The lowest BCUT2D eigenvalue weighted by molar-refractivity contribution is -0.0499. The van der Waals surface area contributed by atoms with Gasteiger partial charge in [-0.2, -0.15) is 14.0 Å². The summed E-state index contributed by atoms with van der Waals surface area (Å²) in [6.45, 7) is -3.15. The maximum Gasteiger partial charge on any atom is 0.387 e. The third-order valence-electron chi connectivity index (χ3n) is 2.18. The zero-order chi connectivity index (χ0) is 13.7. The lowest BCUT2D eigenvalue weighted by atomic mass is 10.0. The smallest absolute Gasteiger partial charge is 0.387 e. The average Bonchev–Trinajstić information content (AvgIpc) is 2.35. The van der Waals surface area contributed by atoms with E-state index in [2.05, 4.69) is 9.47 Å². The molecular formula is C11H10F2N2O3. The zero-order valence-corrected chi connectivity index (χ0v) is 9.44. The van der Waals surface area contributed by atoms with Crippen molar-refractivity contribution in [3.63, 3.8) is 0 Å². The van der Waals surface area contributed by atoms with Gasteiger partial charge in [0.15, 0.2) is 0 Å². The normalized spacial score (nSPS) is 10.0. The van der Waals surface area contributed by atoms with E-state index in [4.69, 9.17) is 11.0 Å². The molecule has 0 heterocycles. The number of nitrogens with zero attached hydrogens (tertiary/aromatic N) is 1. The van der Waals surface area contributed by atoms with E-state index in [0.29, 0.717) is 0 Å². The van der Waals surface area contributed by atoms with Crippen LogP contribution in [0.2, 0.25) is 0 Å². The molecule has 7 heteroatoms. The number of methoxy groups -OCH3 is 1. The Balaban J connectivity index is 3.37. The highest BCUT2D eigenvalue weighted by molar-refractivity contribution is 5.92. The molecule has 0 saturated heterocycles. The van der Waals surface area contributed by atoms with E-state index in [1.165, 1.54) is 0 Å². The lowest BCUT2D eigenvalue weighted by Gasteiger charge is -2.11. The van der Waals surface area contributed by atoms with Crippen LogP contribution in [0.1, 0.15) is 21.5 Å². The van der Waals surface area contributed by atoms with Crippen LogP contribution in [0, 0.1) is 11.3 Å². The van der Waals surface area contributed by atoms with Crippen LogP contribution in [0.5, 0.6) is 5.75 Å². The van der Waals surface area contributed by atoms with E-state index in [1.54, 1.807) is 6.07 Å². The number of carbonyl (C=O) groups excluding carboxylic acids is 1. The van der Waals surface area contributed by atoms with E-state index in [1.807, 2.05) is 0 Å². The molecule has 0 saturated carbocycles. The molecule has 96 valence electrons. The quantitative estimate of drug-likeness (QED) is 0.823. The van der Waals surface area contributed by atoms with Gasteiger partial charge in [0.1, 0.15) is 5.75 Å². The van der Waals surface area contributed by atoms with Gasteiger partial charge in [-0.15, -0.1) is 0 Å². The summed E-state index contributed by atoms with van der Waals surface area (Å²) in [5.74, 6) is -1.06. The van der Waals surface area contributed by atoms with E-state index in [9.17, 15) is 13.6 Å². The minimum atomic E-state index is -3.05. The Labute approximate surface area is 102 Å². The molecule has 5 nitrogen and oxygen atoms in total. The highest BCUT2D eigenvalue weighted by Crippen LogP contribution is 2.24. The van der Waals surface area contributed by atoms with Crippen molar-refractivity contribution in [2.24, 2.45) is 5.73 Å². The highest BCUT2D eigenvalue weighted by Gasteiger charge is 2.18. The van der Waals surface area contributed by atoms with Crippen molar-refractivity contribution in [2.45, 2.75) is 13.2 Å². The van der Waals surface area contributed by atoms with Gasteiger partial charge in [0.05, 0.1) is 24.3 Å². The van der Waals surface area contributed by atoms with Crippen LogP contribution in [-0.2, 0) is 11.3 Å². The number of rotatable bonds is 4. The first-order valence-electron chi connectivity index (χ1n) is 4.83. The molecule has 0 atom stereocenters. The van der Waals surface area contributed by atoms with Crippen molar-refractivity contribution in [1.82, 2.24) is 0 Å². The van der Waals surface area contributed by atoms with Gasteiger partial charge in [-0.05, 0) is 17.7 Å². The van der Waals surface area contributed by atoms with Crippen LogP contribution < -0.4 is 10.5 Å². The van der Waals surface area contributed by atoms with Gasteiger partial charge in [-0.3, -0.25) is 0 Å². The molecule has 0 fully saturated rings. The number of alkyl halides is 2. The summed E-state index contributed by atoms with van der Waals surface area (Å²) in [6, 6.07) is 3.94. The molecule has 0 aliphatic carbocycles. The van der Waals surface area contributed by atoms with Crippen molar-refractivity contribution in [3.8, 4) is 11.8 Å². The number of esters is 1. The van der Waals surface area contributed by atoms with Gasteiger partial charge >= 0.3 is 12.6 Å². The van der Waals surface area contributed by atoms with Gasteiger partial charge < -0.3 is 15.2 Å². The number of ether oxygens (including phenoxy) is 2. The van der Waals surface area contributed by atoms with Gasteiger partial charge in [0.2, 0.25) is 0 Å². The summed E-state index contributed by atoms with van der Waals surface area (Å²) in [7, 11) is 1.13. The molecule has 0 aromatic heterocycles. The number of nitriles is 1. The molecule has 0 amide bonds. The van der Waals surface area contributed by atoms with E-state index >= 15 is 0 Å². The number of halogens is 2. The minimum Gasteiger partial charge on any atom is -0.465 e. The Hall–Kier alpha value is -2.20. The van der Waals surface area contributed by atoms with Crippen molar-refractivity contribution in [1.29, 1.82) is 5.26 Å². The van der Waals surface area contributed by atoms with Gasteiger partial charge in [-0.25, -0.2) is 4.79 Å². The van der Waals surface area contributed by atoms with E-state index in [-0.39, 0.29) is 29.0 Å². The first-order valence-corrected chi connectivity index (χ1v) is 4.83. The average molecular weight is 256 g/mol. The van der Waals surface area contributed by atoms with E-state index < -0.39 is 12.6 Å². The Morgan fingerprint density at radius 1 is 1.56 bits per heavy atom. The maximum atomic E-state index is 12.1. The molecule has 0 radical (unpaired) electrons. The third-order valence-corrected chi connectivity index (χ3v) is 2.18. The fourth-order valence-corrected chi connectivity index (χ4v) is 1.43. The second-order valence-electron chi connectivity index (χ2n) is 3.18. The second kappa shape index (κ2) is 5.93. The van der Waals surface area contributed by atoms with Crippen LogP contribution in [-0.4, -0.2) is 19.7 Å². The number of nitrogens with two attached hydrogens (primary N) is 1. The zero-order valence-electron chi connectivity index (χ0n) is 9.44. The molecule has 0 bridgehead atoms. The van der Waals surface area contributed by atoms with E-state index in [0.717, 1.165) is 19.2 Å². The summed E-state index contributed by atoms with van der Waals surface area (Å²) in [6.07, 6.45) is 0. The number of carbonyl (C=O) groups is 1. The van der Waals surface area contributed by atoms with Crippen molar-refractivity contribution in [2.75, 3.05) is 7.11 Å². The fourth-order valence-electron chi connectivity index (χ4n) is 1.43. The molecule has 1 aromatic carbocycles. The van der Waals surface area contributed by atoms with Crippen molar-refractivity contribution < 1.29 is 23.0 Å². The molecule has 0 aliphatic rings. The molecule has 0 spiro atoms. The fraction of sp³-hybridized carbons (Fsp3) is 0.273. The first kappa shape index (κ1) is 13.9. The Morgan fingerprint density at radius 2 is 2.22 bits per heavy atom. The number of hydrogen-bond acceptors (Lipinski definition) is 5. The Morgan fingerprint density at radius 3 is 2.67 bits per heavy atom. The SMILES string of the molecule is COC(=O)c1cc(OC(F)F)cc(C#N)c1CN. The molecule has 1 rings (SSSR count). The lowest BCUT2D eigenvalue weighted by Crippen LogP contribution is -2.12.